The van der Waals surface area contributed by atoms with Gasteiger partial charge in [-0.05, 0) is 29.8 Å². The Morgan fingerprint density at radius 1 is 1.17 bits per heavy atom. The Kier molecular flexibility index (Phi) is 3.77. The molecule has 0 heterocycles. The fraction of sp³-hybridized carbons (Fsp3) is 0.818. The quantitative estimate of drug-likeness (QED) is 0.459. The highest BCUT2D eigenvalue weighted by atomic mass is 31.1. The molecule has 70 valence electrons. The van der Waals surface area contributed by atoms with E-state index in [9.17, 15) is 0 Å². The molecule has 0 aromatic carbocycles. The van der Waals surface area contributed by atoms with E-state index in [1.165, 1.54) is 12.8 Å². The monoisotopic (exact) mass is 184 g/mol. The Labute approximate surface area is 78.2 Å². The molecule has 12 heavy (non-hydrogen) atoms. The minimum Gasteiger partial charge on any atom is -0.0944 e. The summed E-state index contributed by atoms with van der Waals surface area (Å²) in [7, 11) is 0.233. The van der Waals surface area contributed by atoms with Gasteiger partial charge in [-0.15, -0.1) is 0 Å². The van der Waals surface area contributed by atoms with Crippen molar-refractivity contribution in [2.75, 3.05) is 0 Å². The van der Waals surface area contributed by atoms with Gasteiger partial charge >= 0.3 is 0 Å². The van der Waals surface area contributed by atoms with Crippen molar-refractivity contribution in [3.05, 3.63) is 12.2 Å². The summed E-state index contributed by atoms with van der Waals surface area (Å²) in [6.45, 7) is 9.55. The molecule has 1 aliphatic rings. The third kappa shape index (κ3) is 2.33. The van der Waals surface area contributed by atoms with Crippen molar-refractivity contribution in [3.8, 4) is 0 Å². The number of rotatable bonds is 3. The van der Waals surface area contributed by atoms with Crippen LogP contribution in [0.1, 0.15) is 40.5 Å². The van der Waals surface area contributed by atoms with Gasteiger partial charge in [0.1, 0.15) is 0 Å². The van der Waals surface area contributed by atoms with Gasteiger partial charge in [-0.1, -0.05) is 47.8 Å². The van der Waals surface area contributed by atoms with Crippen LogP contribution < -0.4 is 0 Å². The minimum atomic E-state index is 0.233. The van der Waals surface area contributed by atoms with Gasteiger partial charge in [0.05, 0.1) is 0 Å². The molecule has 0 N–H and O–H groups in total. The molecule has 0 amide bonds. The lowest BCUT2D eigenvalue weighted by Crippen LogP contribution is -2.13. The summed E-state index contributed by atoms with van der Waals surface area (Å²) < 4.78 is 0. The molecule has 0 radical (unpaired) electrons. The standard InChI is InChI=1S/C11H21P/c1-9(2)12(10(3)4)11-7-5-6-8-11/h5,7,9-11H,6,8H2,1-4H3/t11-/m1/s1. The SMILES string of the molecule is CC(C)P(C(C)C)[C@@H]1C=CCC1. The number of hydrogen-bond acceptors (Lipinski definition) is 0. The van der Waals surface area contributed by atoms with Crippen molar-refractivity contribution >= 4 is 7.92 Å². The fourth-order valence-corrected chi connectivity index (χ4v) is 5.72. The molecule has 0 saturated carbocycles. The average molecular weight is 184 g/mol. The van der Waals surface area contributed by atoms with Crippen LogP contribution in [-0.4, -0.2) is 17.0 Å². The van der Waals surface area contributed by atoms with E-state index in [-0.39, 0.29) is 7.92 Å². The summed E-state index contributed by atoms with van der Waals surface area (Å²) in [6, 6.07) is 0. The van der Waals surface area contributed by atoms with Crippen molar-refractivity contribution in [3.63, 3.8) is 0 Å². The first-order valence-corrected chi connectivity index (χ1v) is 6.62. The summed E-state index contributed by atoms with van der Waals surface area (Å²) in [6.07, 6.45) is 7.57. The van der Waals surface area contributed by atoms with Crippen molar-refractivity contribution in [1.29, 1.82) is 0 Å². The first kappa shape index (κ1) is 10.3. The minimum absolute atomic E-state index is 0.233. The summed E-state index contributed by atoms with van der Waals surface area (Å²) in [5.74, 6) is 0. The maximum Gasteiger partial charge on any atom is -0.00221 e. The van der Waals surface area contributed by atoms with Gasteiger partial charge in [0.15, 0.2) is 0 Å². The lowest BCUT2D eigenvalue weighted by atomic mass is 10.4. The summed E-state index contributed by atoms with van der Waals surface area (Å²) in [5, 5.41) is 0. The molecular formula is C11H21P. The van der Waals surface area contributed by atoms with E-state index < -0.39 is 0 Å². The highest BCUT2D eigenvalue weighted by molar-refractivity contribution is 7.60. The maximum absolute atomic E-state index is 2.46. The van der Waals surface area contributed by atoms with E-state index in [0.717, 1.165) is 17.0 Å². The van der Waals surface area contributed by atoms with E-state index in [0.29, 0.717) is 0 Å². The fourth-order valence-electron chi connectivity index (χ4n) is 2.23. The van der Waals surface area contributed by atoms with Gasteiger partial charge in [0.2, 0.25) is 0 Å². The van der Waals surface area contributed by atoms with E-state index in [1.807, 2.05) is 0 Å². The van der Waals surface area contributed by atoms with E-state index >= 15 is 0 Å². The maximum atomic E-state index is 2.46. The molecule has 1 heteroatoms. The molecule has 0 spiro atoms. The van der Waals surface area contributed by atoms with Gasteiger partial charge < -0.3 is 0 Å². The van der Waals surface area contributed by atoms with Gasteiger partial charge in [-0.2, -0.15) is 0 Å². The Balaban J connectivity index is 2.58. The highest BCUT2D eigenvalue weighted by Gasteiger charge is 2.25. The lowest BCUT2D eigenvalue weighted by molar-refractivity contribution is 0.890. The third-order valence-corrected chi connectivity index (χ3v) is 6.14. The molecule has 0 unspecified atom stereocenters. The van der Waals surface area contributed by atoms with Crippen LogP contribution in [-0.2, 0) is 0 Å². The van der Waals surface area contributed by atoms with Crippen molar-refractivity contribution in [2.45, 2.75) is 57.5 Å². The van der Waals surface area contributed by atoms with Crippen LogP contribution in [0.4, 0.5) is 0 Å². The Morgan fingerprint density at radius 2 is 1.75 bits per heavy atom. The molecular weight excluding hydrogens is 163 g/mol. The van der Waals surface area contributed by atoms with Crippen LogP contribution >= 0.6 is 7.92 Å². The predicted octanol–water partition coefficient (Wildman–Crippen LogP) is 4.00. The van der Waals surface area contributed by atoms with E-state index in [1.54, 1.807) is 0 Å². The van der Waals surface area contributed by atoms with Gasteiger partial charge in [0.25, 0.3) is 0 Å². The third-order valence-electron chi connectivity index (χ3n) is 2.56. The molecule has 0 bridgehead atoms. The van der Waals surface area contributed by atoms with Gasteiger partial charge in [0, 0.05) is 0 Å². The summed E-state index contributed by atoms with van der Waals surface area (Å²) in [4.78, 5) is 0. The first-order chi connectivity index (χ1) is 5.63. The zero-order valence-corrected chi connectivity index (χ0v) is 9.64. The molecule has 0 aromatic heterocycles. The normalized spacial score (nSPS) is 23.4. The van der Waals surface area contributed by atoms with Gasteiger partial charge in [-0.25, -0.2) is 0 Å². The molecule has 0 aromatic rings. The van der Waals surface area contributed by atoms with Crippen LogP contribution in [0.25, 0.3) is 0 Å². The molecule has 0 aliphatic heterocycles. The topological polar surface area (TPSA) is 0 Å². The average Bonchev–Trinajstić information content (AvgIpc) is 2.37. The predicted molar refractivity (Wildman–Crippen MR) is 59.4 cm³/mol. The van der Waals surface area contributed by atoms with Gasteiger partial charge in [-0.3, -0.25) is 0 Å². The zero-order chi connectivity index (χ0) is 9.14. The second-order valence-electron chi connectivity index (χ2n) is 4.21. The summed E-state index contributed by atoms with van der Waals surface area (Å²) in [5.41, 5.74) is 2.72. The second-order valence-corrected chi connectivity index (χ2v) is 7.83. The van der Waals surface area contributed by atoms with Crippen LogP contribution in [0.5, 0.6) is 0 Å². The smallest absolute Gasteiger partial charge is 0.00221 e. The van der Waals surface area contributed by atoms with Crippen LogP contribution in [0.2, 0.25) is 0 Å². The van der Waals surface area contributed by atoms with Crippen LogP contribution in [0, 0.1) is 0 Å². The van der Waals surface area contributed by atoms with E-state index in [4.69, 9.17) is 0 Å². The molecule has 1 aliphatic carbocycles. The Bertz CT molecular complexity index is 150. The first-order valence-electron chi connectivity index (χ1n) is 5.07. The molecule has 0 nitrogen and oxygen atoms in total. The Hall–Kier alpha value is 0.170. The Morgan fingerprint density at radius 3 is 2.08 bits per heavy atom. The van der Waals surface area contributed by atoms with Crippen molar-refractivity contribution in [1.82, 2.24) is 0 Å². The summed E-state index contributed by atoms with van der Waals surface area (Å²) >= 11 is 0. The largest absolute Gasteiger partial charge is 0.0944 e. The molecule has 1 atom stereocenters. The number of allylic oxidation sites excluding steroid dienone is 2. The molecule has 1 rings (SSSR count). The van der Waals surface area contributed by atoms with Crippen molar-refractivity contribution < 1.29 is 0 Å². The number of hydrogen-bond donors (Lipinski definition) is 0. The second kappa shape index (κ2) is 4.42. The highest BCUT2D eigenvalue weighted by Crippen LogP contribution is 2.53. The van der Waals surface area contributed by atoms with E-state index in [2.05, 4.69) is 39.8 Å². The lowest BCUT2D eigenvalue weighted by Gasteiger charge is -2.30. The van der Waals surface area contributed by atoms with Crippen LogP contribution in [0.3, 0.4) is 0 Å². The van der Waals surface area contributed by atoms with Crippen LogP contribution in [0.15, 0.2) is 12.2 Å². The zero-order valence-electron chi connectivity index (χ0n) is 8.75. The molecule has 0 saturated heterocycles. The molecule has 0 fully saturated rings. The van der Waals surface area contributed by atoms with Crippen molar-refractivity contribution in [2.24, 2.45) is 0 Å².